The van der Waals surface area contributed by atoms with Crippen LogP contribution in [0.5, 0.6) is 5.75 Å². The molecule has 0 unspecified atom stereocenters. The number of primary amides is 1. The predicted octanol–water partition coefficient (Wildman–Crippen LogP) is -2.04. The maximum absolute atomic E-state index is 12.6. The zero-order chi connectivity index (χ0) is 22.1. The van der Waals surface area contributed by atoms with E-state index >= 15 is 0 Å². The number of nitrogens with two attached hydrogens (primary N) is 2. The molecule has 0 fully saturated rings. The maximum Gasteiger partial charge on any atom is 0.328 e. The van der Waals surface area contributed by atoms with Crippen LogP contribution in [0.1, 0.15) is 25.3 Å². The largest absolute Gasteiger partial charge is 0.508 e. The molecule has 0 heterocycles. The summed E-state index contributed by atoms with van der Waals surface area (Å²) >= 11 is 0. The zero-order valence-corrected chi connectivity index (χ0v) is 15.9. The molecule has 0 aromatic heterocycles. The quantitative estimate of drug-likeness (QED) is 0.216. The number of nitrogens with one attached hydrogen (secondary N) is 2. The number of carbonyl (C=O) groups excluding carboxylic acids is 3. The molecule has 11 heteroatoms. The number of hydrogen-bond donors (Lipinski definition) is 7. The number of carboxylic acid groups (broad SMARTS) is 1. The van der Waals surface area contributed by atoms with Gasteiger partial charge < -0.3 is 37.4 Å². The van der Waals surface area contributed by atoms with Crippen molar-refractivity contribution in [3.05, 3.63) is 29.8 Å². The van der Waals surface area contributed by atoms with Crippen molar-refractivity contribution in [3.8, 4) is 5.75 Å². The van der Waals surface area contributed by atoms with Gasteiger partial charge >= 0.3 is 5.97 Å². The number of rotatable bonds is 11. The first kappa shape index (κ1) is 23.9. The second-order valence-corrected chi connectivity index (χ2v) is 6.61. The van der Waals surface area contributed by atoms with Gasteiger partial charge in [-0.2, -0.15) is 0 Å². The SMILES string of the molecule is C[C@@H](O)[C@H](NC(=O)[C@H](Cc1ccc(O)cc1)NC(=O)[C@@H](N)CCC(N)=O)C(=O)O. The number of phenols is 1. The van der Waals surface area contributed by atoms with Crippen molar-refractivity contribution >= 4 is 23.7 Å². The molecular weight excluding hydrogens is 384 g/mol. The van der Waals surface area contributed by atoms with Crippen LogP contribution in [0.2, 0.25) is 0 Å². The average molecular weight is 410 g/mol. The summed E-state index contributed by atoms with van der Waals surface area (Å²) in [7, 11) is 0. The van der Waals surface area contributed by atoms with Crippen molar-refractivity contribution in [2.75, 3.05) is 0 Å². The third kappa shape index (κ3) is 8.15. The Kier molecular flexibility index (Phi) is 9.03. The van der Waals surface area contributed by atoms with E-state index in [1.807, 2.05) is 0 Å². The fourth-order valence-electron chi connectivity index (χ4n) is 2.43. The molecule has 0 aliphatic heterocycles. The number of carbonyl (C=O) groups is 4. The number of aliphatic carboxylic acids is 1. The van der Waals surface area contributed by atoms with Crippen LogP contribution in [0, 0.1) is 0 Å². The third-order valence-corrected chi connectivity index (χ3v) is 4.09. The highest BCUT2D eigenvalue weighted by Crippen LogP contribution is 2.12. The minimum absolute atomic E-state index is 0.00677. The molecule has 0 radical (unpaired) electrons. The lowest BCUT2D eigenvalue weighted by molar-refractivity contribution is -0.145. The van der Waals surface area contributed by atoms with Crippen molar-refractivity contribution in [2.24, 2.45) is 11.5 Å². The van der Waals surface area contributed by atoms with Crippen LogP contribution in [0.15, 0.2) is 24.3 Å². The van der Waals surface area contributed by atoms with Crippen LogP contribution in [0.25, 0.3) is 0 Å². The topological polar surface area (TPSA) is 205 Å². The van der Waals surface area contributed by atoms with Gasteiger partial charge in [0.05, 0.1) is 12.1 Å². The lowest BCUT2D eigenvalue weighted by Crippen LogP contribution is -2.57. The third-order valence-electron chi connectivity index (χ3n) is 4.09. The van der Waals surface area contributed by atoms with E-state index in [0.29, 0.717) is 5.56 Å². The van der Waals surface area contributed by atoms with Gasteiger partial charge in [0.15, 0.2) is 6.04 Å². The normalized spacial score (nSPS) is 14.9. The van der Waals surface area contributed by atoms with Crippen molar-refractivity contribution in [1.29, 1.82) is 0 Å². The smallest absolute Gasteiger partial charge is 0.328 e. The van der Waals surface area contributed by atoms with Gasteiger partial charge in [0.2, 0.25) is 17.7 Å². The van der Waals surface area contributed by atoms with Gasteiger partial charge in [0.25, 0.3) is 0 Å². The minimum Gasteiger partial charge on any atom is -0.508 e. The van der Waals surface area contributed by atoms with Crippen LogP contribution < -0.4 is 22.1 Å². The highest BCUT2D eigenvalue weighted by Gasteiger charge is 2.30. The van der Waals surface area contributed by atoms with E-state index in [0.717, 1.165) is 0 Å². The summed E-state index contributed by atoms with van der Waals surface area (Å²) in [5.74, 6) is -3.64. The Morgan fingerprint density at radius 3 is 2.14 bits per heavy atom. The number of hydrogen-bond acceptors (Lipinski definition) is 7. The molecule has 29 heavy (non-hydrogen) atoms. The molecule has 0 aliphatic rings. The Bertz CT molecular complexity index is 736. The summed E-state index contributed by atoms with van der Waals surface area (Å²) in [6, 6.07) is 1.93. The summed E-state index contributed by atoms with van der Waals surface area (Å²) in [6.45, 7) is 1.20. The predicted molar refractivity (Wildman–Crippen MR) is 101 cm³/mol. The van der Waals surface area contributed by atoms with Gasteiger partial charge in [0.1, 0.15) is 11.8 Å². The van der Waals surface area contributed by atoms with E-state index in [4.69, 9.17) is 16.6 Å². The van der Waals surface area contributed by atoms with E-state index in [2.05, 4.69) is 10.6 Å². The second-order valence-electron chi connectivity index (χ2n) is 6.61. The summed E-state index contributed by atoms with van der Waals surface area (Å²) in [5, 5.41) is 32.6. The maximum atomic E-state index is 12.6. The second kappa shape index (κ2) is 11.0. The van der Waals surface area contributed by atoms with Crippen LogP contribution >= 0.6 is 0 Å². The first-order valence-electron chi connectivity index (χ1n) is 8.84. The molecule has 0 bridgehead atoms. The van der Waals surface area contributed by atoms with Crippen molar-refractivity contribution in [1.82, 2.24) is 10.6 Å². The number of carboxylic acids is 1. The van der Waals surface area contributed by atoms with E-state index in [9.17, 15) is 29.4 Å². The van der Waals surface area contributed by atoms with Crippen molar-refractivity contribution in [3.63, 3.8) is 0 Å². The monoisotopic (exact) mass is 410 g/mol. The number of aliphatic hydroxyl groups excluding tert-OH is 1. The summed E-state index contributed by atoms with van der Waals surface area (Å²) < 4.78 is 0. The van der Waals surface area contributed by atoms with Gasteiger partial charge in [-0.3, -0.25) is 14.4 Å². The van der Waals surface area contributed by atoms with Crippen LogP contribution in [0.4, 0.5) is 0 Å². The number of amides is 3. The lowest BCUT2D eigenvalue weighted by atomic mass is 10.0. The lowest BCUT2D eigenvalue weighted by Gasteiger charge is -2.24. The van der Waals surface area contributed by atoms with Gasteiger partial charge in [-0.1, -0.05) is 12.1 Å². The molecule has 160 valence electrons. The van der Waals surface area contributed by atoms with Gasteiger partial charge in [-0.15, -0.1) is 0 Å². The van der Waals surface area contributed by atoms with Crippen molar-refractivity contribution in [2.45, 2.75) is 50.4 Å². The van der Waals surface area contributed by atoms with Crippen LogP contribution in [0.3, 0.4) is 0 Å². The molecule has 1 aromatic carbocycles. The number of aromatic hydroxyl groups is 1. The Hall–Kier alpha value is -3.18. The zero-order valence-electron chi connectivity index (χ0n) is 15.9. The molecule has 1 aromatic rings. The summed E-state index contributed by atoms with van der Waals surface area (Å²) in [4.78, 5) is 47.0. The van der Waals surface area contributed by atoms with E-state index in [-0.39, 0.29) is 25.0 Å². The molecule has 0 aliphatic carbocycles. The Morgan fingerprint density at radius 1 is 1.07 bits per heavy atom. The molecule has 9 N–H and O–H groups in total. The number of aliphatic hydroxyl groups is 1. The van der Waals surface area contributed by atoms with E-state index in [1.54, 1.807) is 0 Å². The van der Waals surface area contributed by atoms with E-state index < -0.39 is 47.9 Å². The van der Waals surface area contributed by atoms with Gasteiger partial charge in [-0.05, 0) is 31.0 Å². The van der Waals surface area contributed by atoms with Gasteiger partial charge in [-0.25, -0.2) is 4.79 Å². The molecule has 4 atom stereocenters. The summed E-state index contributed by atoms with van der Waals surface area (Å²) in [5.41, 5.74) is 11.3. The molecule has 0 saturated heterocycles. The fourth-order valence-corrected chi connectivity index (χ4v) is 2.43. The Morgan fingerprint density at radius 2 is 1.66 bits per heavy atom. The Labute approximate surface area is 167 Å². The first-order valence-corrected chi connectivity index (χ1v) is 8.84. The van der Waals surface area contributed by atoms with Gasteiger partial charge in [0, 0.05) is 12.8 Å². The fraction of sp³-hybridized carbons (Fsp3) is 0.444. The summed E-state index contributed by atoms with van der Waals surface area (Å²) in [6.07, 6.45) is -1.56. The van der Waals surface area contributed by atoms with Crippen LogP contribution in [-0.4, -0.2) is 63.2 Å². The molecule has 0 spiro atoms. The Balaban J connectivity index is 2.96. The average Bonchev–Trinajstić information content (AvgIpc) is 2.64. The van der Waals surface area contributed by atoms with Crippen LogP contribution in [-0.2, 0) is 25.6 Å². The number of benzene rings is 1. The molecule has 1 rings (SSSR count). The highest BCUT2D eigenvalue weighted by molar-refractivity contribution is 5.92. The molecule has 3 amide bonds. The first-order chi connectivity index (χ1) is 13.5. The standard InChI is InChI=1S/C18H26N4O7/c1-9(23)15(18(28)29)22-17(27)13(8-10-2-4-11(24)5-3-10)21-16(26)12(19)6-7-14(20)25/h2-5,9,12-13,15,23-24H,6-8,19H2,1H3,(H2,20,25)(H,21,26)(H,22,27)(H,28,29)/t9-,12+,13+,15+/m1/s1. The number of phenolic OH excluding ortho intramolecular Hbond substituents is 1. The highest BCUT2D eigenvalue weighted by atomic mass is 16.4. The van der Waals surface area contributed by atoms with E-state index in [1.165, 1.54) is 31.2 Å². The molecular formula is C18H26N4O7. The molecule has 0 saturated carbocycles. The van der Waals surface area contributed by atoms with Crippen molar-refractivity contribution < 1.29 is 34.5 Å². The minimum atomic E-state index is -1.58. The molecule has 11 nitrogen and oxygen atoms in total.